The molecule has 0 aliphatic heterocycles. The number of ether oxygens (including phenoxy) is 1. The van der Waals surface area contributed by atoms with E-state index in [4.69, 9.17) is 5.73 Å². The zero-order valence-corrected chi connectivity index (χ0v) is 11.2. The molecule has 0 unspecified atom stereocenters. The van der Waals surface area contributed by atoms with Crippen LogP contribution >= 0.6 is 0 Å². The summed E-state index contributed by atoms with van der Waals surface area (Å²) in [6.45, 7) is 5.93. The fourth-order valence-electron chi connectivity index (χ4n) is 1.57. The van der Waals surface area contributed by atoms with Crippen LogP contribution in [0.15, 0.2) is 0 Å². The largest absolute Gasteiger partial charge is 0.467 e. The second-order valence-corrected chi connectivity index (χ2v) is 4.61. The average Bonchev–Trinajstić information content (AvgIpc) is 2.26. The highest BCUT2D eigenvalue weighted by molar-refractivity contribution is 5.87. The Morgan fingerprint density at radius 3 is 2.35 bits per heavy atom. The standard InChI is InChI=1S/C12H24N2O3/c1-5-6-10(12(16)17-4)14-11(15)9(13)7-8(2)3/h8-10H,5-7,13H2,1-4H3,(H,14,15)/t9-,10-/m0/s1. The molecule has 0 rings (SSSR count). The van der Waals surface area contributed by atoms with Gasteiger partial charge in [0.1, 0.15) is 6.04 Å². The molecule has 0 aliphatic rings. The van der Waals surface area contributed by atoms with E-state index in [9.17, 15) is 9.59 Å². The summed E-state index contributed by atoms with van der Waals surface area (Å²) in [6.07, 6.45) is 1.96. The maximum atomic E-state index is 11.7. The monoisotopic (exact) mass is 244 g/mol. The van der Waals surface area contributed by atoms with Crippen molar-refractivity contribution in [1.29, 1.82) is 0 Å². The Hall–Kier alpha value is -1.10. The van der Waals surface area contributed by atoms with E-state index in [1.54, 1.807) is 0 Å². The molecule has 5 nitrogen and oxygen atoms in total. The predicted octanol–water partition coefficient (Wildman–Crippen LogP) is 0.818. The lowest BCUT2D eigenvalue weighted by atomic mass is 10.0. The molecular weight excluding hydrogens is 220 g/mol. The lowest BCUT2D eigenvalue weighted by Gasteiger charge is -2.19. The molecule has 0 radical (unpaired) electrons. The Bertz CT molecular complexity index is 254. The summed E-state index contributed by atoms with van der Waals surface area (Å²) in [7, 11) is 1.31. The van der Waals surface area contributed by atoms with Gasteiger partial charge in [-0.1, -0.05) is 27.2 Å². The maximum absolute atomic E-state index is 11.7. The highest BCUT2D eigenvalue weighted by Gasteiger charge is 2.23. The quantitative estimate of drug-likeness (QED) is 0.650. The van der Waals surface area contributed by atoms with Gasteiger partial charge in [0.25, 0.3) is 0 Å². The van der Waals surface area contributed by atoms with E-state index in [-0.39, 0.29) is 5.91 Å². The Kier molecular flexibility index (Phi) is 7.54. The summed E-state index contributed by atoms with van der Waals surface area (Å²) in [5, 5.41) is 2.64. The SMILES string of the molecule is CCC[C@H](NC(=O)[C@@H](N)CC(C)C)C(=O)OC. The van der Waals surface area contributed by atoms with Crippen molar-refractivity contribution in [2.45, 2.75) is 52.1 Å². The summed E-state index contributed by atoms with van der Waals surface area (Å²) < 4.78 is 4.63. The van der Waals surface area contributed by atoms with Gasteiger partial charge in [0.15, 0.2) is 0 Å². The van der Waals surface area contributed by atoms with E-state index in [0.717, 1.165) is 6.42 Å². The lowest BCUT2D eigenvalue weighted by Crippen LogP contribution is -2.49. The molecule has 2 atom stereocenters. The van der Waals surface area contributed by atoms with Gasteiger partial charge in [-0.3, -0.25) is 4.79 Å². The second kappa shape index (κ2) is 8.06. The maximum Gasteiger partial charge on any atom is 0.328 e. The topological polar surface area (TPSA) is 81.4 Å². The first-order valence-corrected chi connectivity index (χ1v) is 6.06. The van der Waals surface area contributed by atoms with E-state index in [1.165, 1.54) is 7.11 Å². The fourth-order valence-corrected chi connectivity index (χ4v) is 1.57. The molecule has 0 aromatic rings. The molecule has 0 saturated heterocycles. The number of rotatable bonds is 7. The molecule has 0 aliphatic carbocycles. The first-order valence-electron chi connectivity index (χ1n) is 6.06. The summed E-state index contributed by atoms with van der Waals surface area (Å²) in [4.78, 5) is 23.1. The van der Waals surface area contributed by atoms with E-state index >= 15 is 0 Å². The number of carbonyl (C=O) groups is 2. The number of nitrogens with two attached hydrogens (primary N) is 1. The smallest absolute Gasteiger partial charge is 0.328 e. The average molecular weight is 244 g/mol. The van der Waals surface area contributed by atoms with Crippen LogP contribution in [0.4, 0.5) is 0 Å². The highest BCUT2D eigenvalue weighted by Crippen LogP contribution is 2.04. The molecular formula is C12H24N2O3. The predicted molar refractivity (Wildman–Crippen MR) is 66.3 cm³/mol. The first kappa shape index (κ1) is 15.9. The Labute approximate surface area is 103 Å². The normalized spacial score (nSPS) is 14.2. The van der Waals surface area contributed by atoms with Crippen molar-refractivity contribution in [3.8, 4) is 0 Å². The van der Waals surface area contributed by atoms with Crippen molar-refractivity contribution in [2.24, 2.45) is 11.7 Å². The molecule has 0 saturated carbocycles. The number of esters is 1. The first-order chi connectivity index (χ1) is 7.92. The van der Waals surface area contributed by atoms with E-state index in [2.05, 4.69) is 10.1 Å². The van der Waals surface area contributed by atoms with Gasteiger partial charge in [-0.25, -0.2) is 4.79 Å². The van der Waals surface area contributed by atoms with Crippen LogP contribution in [0.5, 0.6) is 0 Å². The summed E-state index contributed by atoms with van der Waals surface area (Å²) in [5.41, 5.74) is 5.74. The van der Waals surface area contributed by atoms with E-state index in [0.29, 0.717) is 18.8 Å². The van der Waals surface area contributed by atoms with Gasteiger partial charge < -0.3 is 15.8 Å². The number of amides is 1. The van der Waals surface area contributed by atoms with Crippen molar-refractivity contribution in [3.63, 3.8) is 0 Å². The van der Waals surface area contributed by atoms with Crippen molar-refractivity contribution in [3.05, 3.63) is 0 Å². The molecule has 0 spiro atoms. The van der Waals surface area contributed by atoms with Gasteiger partial charge in [0, 0.05) is 0 Å². The van der Waals surface area contributed by atoms with Crippen LogP contribution in [0.3, 0.4) is 0 Å². The highest BCUT2D eigenvalue weighted by atomic mass is 16.5. The number of nitrogens with one attached hydrogen (secondary N) is 1. The Morgan fingerprint density at radius 2 is 1.94 bits per heavy atom. The van der Waals surface area contributed by atoms with E-state index in [1.807, 2.05) is 20.8 Å². The van der Waals surface area contributed by atoms with Crippen LogP contribution in [0.25, 0.3) is 0 Å². The Morgan fingerprint density at radius 1 is 1.35 bits per heavy atom. The van der Waals surface area contributed by atoms with Crippen molar-refractivity contribution < 1.29 is 14.3 Å². The van der Waals surface area contributed by atoms with Gasteiger partial charge >= 0.3 is 5.97 Å². The molecule has 0 heterocycles. The molecule has 0 aromatic heterocycles. The third-order valence-corrected chi connectivity index (χ3v) is 2.44. The minimum Gasteiger partial charge on any atom is -0.467 e. The van der Waals surface area contributed by atoms with Gasteiger partial charge in [0.2, 0.25) is 5.91 Å². The third kappa shape index (κ3) is 6.26. The van der Waals surface area contributed by atoms with Crippen LogP contribution in [-0.2, 0) is 14.3 Å². The molecule has 0 bridgehead atoms. The summed E-state index contributed by atoms with van der Waals surface area (Å²) >= 11 is 0. The van der Waals surface area contributed by atoms with Gasteiger partial charge in [-0.15, -0.1) is 0 Å². The number of carbonyl (C=O) groups excluding carboxylic acids is 2. The van der Waals surface area contributed by atoms with Crippen molar-refractivity contribution in [1.82, 2.24) is 5.32 Å². The summed E-state index contributed by atoms with van der Waals surface area (Å²) in [5.74, 6) is -0.363. The van der Waals surface area contributed by atoms with Crippen LogP contribution < -0.4 is 11.1 Å². The molecule has 0 aromatic carbocycles. The third-order valence-electron chi connectivity index (χ3n) is 2.44. The number of hydrogen-bond acceptors (Lipinski definition) is 4. The van der Waals surface area contributed by atoms with Crippen LogP contribution in [0.1, 0.15) is 40.0 Å². The molecule has 3 N–H and O–H groups in total. The number of methoxy groups -OCH3 is 1. The molecule has 17 heavy (non-hydrogen) atoms. The van der Waals surface area contributed by atoms with Crippen molar-refractivity contribution in [2.75, 3.05) is 7.11 Å². The lowest BCUT2D eigenvalue weighted by molar-refractivity contribution is -0.145. The zero-order chi connectivity index (χ0) is 13.4. The van der Waals surface area contributed by atoms with E-state index < -0.39 is 18.1 Å². The van der Waals surface area contributed by atoms with Gasteiger partial charge in [-0.2, -0.15) is 0 Å². The van der Waals surface area contributed by atoms with Crippen LogP contribution in [0, 0.1) is 5.92 Å². The molecule has 5 heteroatoms. The fraction of sp³-hybridized carbons (Fsp3) is 0.833. The minimum absolute atomic E-state index is 0.289. The van der Waals surface area contributed by atoms with Crippen molar-refractivity contribution >= 4 is 11.9 Å². The number of hydrogen-bond donors (Lipinski definition) is 2. The van der Waals surface area contributed by atoms with Crippen LogP contribution in [-0.4, -0.2) is 31.1 Å². The van der Waals surface area contributed by atoms with Gasteiger partial charge in [0.05, 0.1) is 13.2 Å². The second-order valence-electron chi connectivity index (χ2n) is 4.61. The molecule has 1 amide bonds. The summed E-state index contributed by atoms with van der Waals surface area (Å²) in [6, 6.07) is -1.16. The van der Waals surface area contributed by atoms with Gasteiger partial charge in [-0.05, 0) is 18.8 Å². The Balaban J connectivity index is 4.34. The van der Waals surface area contributed by atoms with Crippen LogP contribution in [0.2, 0.25) is 0 Å². The molecule has 0 fully saturated rings. The zero-order valence-electron chi connectivity index (χ0n) is 11.2. The molecule has 100 valence electrons. The minimum atomic E-state index is -0.587.